The Morgan fingerprint density at radius 3 is 2.88 bits per heavy atom. The molecule has 4 rings (SSSR count). The van der Waals surface area contributed by atoms with Gasteiger partial charge < -0.3 is 19.3 Å². The van der Waals surface area contributed by atoms with Crippen LogP contribution in [-0.4, -0.2) is 52.8 Å². The van der Waals surface area contributed by atoms with E-state index in [-0.39, 0.29) is 18.4 Å². The second-order valence-corrected chi connectivity index (χ2v) is 6.84. The highest BCUT2D eigenvalue weighted by atomic mass is 16.5. The number of aliphatic carboxylic acids is 1. The van der Waals surface area contributed by atoms with E-state index in [4.69, 9.17) is 4.74 Å². The molecule has 126 valence electrons. The van der Waals surface area contributed by atoms with Gasteiger partial charge in [0, 0.05) is 49.8 Å². The maximum absolute atomic E-state index is 13.1. The molecule has 2 fully saturated rings. The van der Waals surface area contributed by atoms with Crippen molar-refractivity contribution < 1.29 is 19.4 Å². The zero-order chi connectivity index (χ0) is 16.9. The standard InChI is InChI=1S/C18H20N2O4/c1-19-9-14(13-4-2-3-5-15(13)19)16(21)20-8-12-10-24-7-6-18(12,11-20)17(22)23/h2-5,9,12H,6-8,10-11H2,1H3,(H,22,23)/t12-,18+/m0/s1. The molecule has 0 spiro atoms. The Bertz CT molecular complexity index is 828. The number of carboxylic acids is 1. The maximum Gasteiger partial charge on any atom is 0.311 e. The number of carbonyl (C=O) groups is 2. The fraction of sp³-hybridized carbons (Fsp3) is 0.444. The van der Waals surface area contributed by atoms with Gasteiger partial charge in [0.2, 0.25) is 0 Å². The monoisotopic (exact) mass is 328 g/mol. The number of carboxylic acid groups (broad SMARTS) is 1. The molecule has 1 N–H and O–H groups in total. The predicted octanol–water partition coefficient (Wildman–Crippen LogP) is 1.74. The number of likely N-dealkylation sites (tertiary alicyclic amines) is 1. The van der Waals surface area contributed by atoms with Gasteiger partial charge in [-0.05, 0) is 12.5 Å². The molecule has 2 aromatic rings. The first-order valence-electron chi connectivity index (χ1n) is 8.17. The van der Waals surface area contributed by atoms with E-state index in [1.54, 1.807) is 4.90 Å². The van der Waals surface area contributed by atoms with Gasteiger partial charge in [-0.15, -0.1) is 0 Å². The summed E-state index contributed by atoms with van der Waals surface area (Å²) in [6.07, 6.45) is 2.30. The zero-order valence-corrected chi connectivity index (χ0v) is 13.6. The van der Waals surface area contributed by atoms with Gasteiger partial charge in [-0.25, -0.2) is 0 Å². The number of hydrogen-bond donors (Lipinski definition) is 1. The minimum Gasteiger partial charge on any atom is -0.481 e. The lowest BCUT2D eigenvalue weighted by atomic mass is 9.74. The number of fused-ring (bicyclic) bond motifs is 2. The van der Waals surface area contributed by atoms with E-state index in [0.29, 0.717) is 31.7 Å². The molecule has 0 radical (unpaired) electrons. The molecule has 1 aromatic heterocycles. The number of ether oxygens (including phenoxy) is 1. The molecule has 6 nitrogen and oxygen atoms in total. The van der Waals surface area contributed by atoms with E-state index in [1.807, 2.05) is 42.1 Å². The highest BCUT2D eigenvalue weighted by Crippen LogP contribution is 2.43. The molecule has 0 saturated carbocycles. The van der Waals surface area contributed by atoms with Crippen LogP contribution in [0.3, 0.4) is 0 Å². The van der Waals surface area contributed by atoms with E-state index in [1.165, 1.54) is 0 Å². The minimum absolute atomic E-state index is 0.0955. The second kappa shape index (κ2) is 5.34. The van der Waals surface area contributed by atoms with E-state index in [9.17, 15) is 14.7 Å². The summed E-state index contributed by atoms with van der Waals surface area (Å²) in [5, 5.41) is 10.7. The maximum atomic E-state index is 13.1. The van der Waals surface area contributed by atoms with Crippen LogP contribution < -0.4 is 0 Å². The average molecular weight is 328 g/mol. The topological polar surface area (TPSA) is 71.8 Å². The van der Waals surface area contributed by atoms with Gasteiger partial charge in [0.1, 0.15) is 0 Å². The molecular formula is C18H20N2O4. The number of nitrogens with zero attached hydrogens (tertiary/aromatic N) is 2. The third kappa shape index (κ3) is 2.06. The van der Waals surface area contributed by atoms with Gasteiger partial charge in [-0.3, -0.25) is 9.59 Å². The molecule has 2 atom stereocenters. The number of benzene rings is 1. The minimum atomic E-state index is -0.863. The molecule has 2 saturated heterocycles. The summed E-state index contributed by atoms with van der Waals surface area (Å²) in [6, 6.07) is 7.76. The zero-order valence-electron chi connectivity index (χ0n) is 13.6. The van der Waals surface area contributed by atoms with Crippen molar-refractivity contribution in [1.82, 2.24) is 9.47 Å². The number of aromatic nitrogens is 1. The lowest BCUT2D eigenvalue weighted by Crippen LogP contribution is -2.45. The Hall–Kier alpha value is -2.34. The average Bonchev–Trinajstić information content (AvgIpc) is 3.14. The fourth-order valence-corrected chi connectivity index (χ4v) is 4.14. The summed E-state index contributed by atoms with van der Waals surface area (Å²) >= 11 is 0. The van der Waals surface area contributed by atoms with Crippen LogP contribution in [0.25, 0.3) is 10.9 Å². The van der Waals surface area contributed by atoms with E-state index in [0.717, 1.165) is 10.9 Å². The SMILES string of the molecule is Cn1cc(C(=O)N2C[C@H]3COCC[C@@]3(C(=O)O)C2)c2ccccc21. The second-order valence-electron chi connectivity index (χ2n) is 6.84. The van der Waals surface area contributed by atoms with Gasteiger partial charge in [0.05, 0.1) is 17.6 Å². The first-order valence-corrected chi connectivity index (χ1v) is 8.17. The molecule has 6 heteroatoms. The normalized spacial score (nSPS) is 26.5. The summed E-state index contributed by atoms with van der Waals surface area (Å²) in [5.41, 5.74) is 0.764. The lowest BCUT2D eigenvalue weighted by molar-refractivity contribution is -0.157. The predicted molar refractivity (Wildman–Crippen MR) is 87.8 cm³/mol. The number of aryl methyl sites for hydroxylation is 1. The molecule has 2 aliphatic heterocycles. The molecule has 0 aliphatic carbocycles. The fourth-order valence-electron chi connectivity index (χ4n) is 4.14. The first-order chi connectivity index (χ1) is 11.5. The van der Waals surface area contributed by atoms with Crippen LogP contribution in [0.4, 0.5) is 0 Å². The van der Waals surface area contributed by atoms with E-state index >= 15 is 0 Å². The van der Waals surface area contributed by atoms with Gasteiger partial charge in [0.15, 0.2) is 0 Å². The lowest BCUT2D eigenvalue weighted by Gasteiger charge is -2.33. The van der Waals surface area contributed by atoms with Crippen molar-refractivity contribution in [3.63, 3.8) is 0 Å². The Kier molecular flexibility index (Phi) is 3.38. The van der Waals surface area contributed by atoms with E-state index in [2.05, 4.69) is 0 Å². The highest BCUT2D eigenvalue weighted by Gasteiger charge is 2.55. The molecule has 0 bridgehead atoms. The summed E-state index contributed by atoms with van der Waals surface area (Å²) < 4.78 is 7.39. The Morgan fingerprint density at radius 2 is 2.12 bits per heavy atom. The molecule has 2 aliphatic rings. The molecule has 0 unspecified atom stereocenters. The Labute approximate surface area is 139 Å². The Balaban J connectivity index is 1.69. The molecule has 3 heterocycles. The van der Waals surface area contributed by atoms with Gasteiger partial charge in [-0.1, -0.05) is 18.2 Å². The number of rotatable bonds is 2. The van der Waals surface area contributed by atoms with Crippen LogP contribution in [0, 0.1) is 11.3 Å². The third-order valence-corrected chi connectivity index (χ3v) is 5.55. The van der Waals surface area contributed by atoms with Crippen molar-refractivity contribution in [2.75, 3.05) is 26.3 Å². The van der Waals surface area contributed by atoms with Gasteiger partial charge in [0.25, 0.3) is 5.91 Å². The van der Waals surface area contributed by atoms with E-state index < -0.39 is 11.4 Å². The summed E-state index contributed by atoms with van der Waals surface area (Å²) in [6.45, 7) is 1.55. The smallest absolute Gasteiger partial charge is 0.311 e. The quantitative estimate of drug-likeness (QED) is 0.911. The number of amides is 1. The van der Waals surface area contributed by atoms with Crippen LogP contribution in [-0.2, 0) is 16.6 Å². The molecule has 1 aromatic carbocycles. The summed E-state index contributed by atoms with van der Waals surface area (Å²) in [4.78, 5) is 26.6. The van der Waals surface area contributed by atoms with Crippen molar-refractivity contribution >= 4 is 22.8 Å². The molecule has 1 amide bonds. The van der Waals surface area contributed by atoms with Crippen molar-refractivity contribution in [2.45, 2.75) is 6.42 Å². The molecule has 24 heavy (non-hydrogen) atoms. The highest BCUT2D eigenvalue weighted by molar-refractivity contribution is 6.07. The Morgan fingerprint density at radius 1 is 1.33 bits per heavy atom. The molecular weight excluding hydrogens is 308 g/mol. The number of hydrogen-bond acceptors (Lipinski definition) is 3. The largest absolute Gasteiger partial charge is 0.481 e. The van der Waals surface area contributed by atoms with Crippen LogP contribution in [0.2, 0.25) is 0 Å². The van der Waals surface area contributed by atoms with Crippen molar-refractivity contribution in [3.05, 3.63) is 36.0 Å². The van der Waals surface area contributed by atoms with Crippen LogP contribution in [0.15, 0.2) is 30.5 Å². The number of carbonyl (C=O) groups excluding carboxylic acids is 1. The number of para-hydroxylation sites is 1. The van der Waals surface area contributed by atoms with Crippen LogP contribution in [0.1, 0.15) is 16.8 Å². The summed E-state index contributed by atoms with van der Waals surface area (Å²) in [7, 11) is 1.91. The summed E-state index contributed by atoms with van der Waals surface area (Å²) in [5.74, 6) is -1.05. The van der Waals surface area contributed by atoms with Gasteiger partial charge >= 0.3 is 5.97 Å². The van der Waals surface area contributed by atoms with Gasteiger partial charge in [-0.2, -0.15) is 0 Å². The van der Waals surface area contributed by atoms with Crippen molar-refractivity contribution in [3.8, 4) is 0 Å². The van der Waals surface area contributed by atoms with Crippen molar-refractivity contribution in [1.29, 1.82) is 0 Å². The third-order valence-electron chi connectivity index (χ3n) is 5.55. The first kappa shape index (κ1) is 15.2. The van der Waals surface area contributed by atoms with Crippen LogP contribution >= 0.6 is 0 Å². The van der Waals surface area contributed by atoms with Crippen molar-refractivity contribution in [2.24, 2.45) is 18.4 Å². The van der Waals surface area contributed by atoms with Crippen LogP contribution in [0.5, 0.6) is 0 Å².